The molecule has 0 bridgehead atoms. The predicted octanol–water partition coefficient (Wildman–Crippen LogP) is 4.50. The molecule has 0 saturated heterocycles. The molecule has 26 heavy (non-hydrogen) atoms. The highest BCUT2D eigenvalue weighted by molar-refractivity contribution is 7.92. The first-order valence-corrected chi connectivity index (χ1v) is 9.08. The van der Waals surface area contributed by atoms with Gasteiger partial charge in [0.15, 0.2) is 0 Å². The van der Waals surface area contributed by atoms with Crippen molar-refractivity contribution in [2.24, 2.45) is 0 Å². The molecule has 0 aliphatic heterocycles. The maximum absolute atomic E-state index is 13.5. The van der Waals surface area contributed by atoms with Gasteiger partial charge in [0.05, 0.1) is 17.1 Å². The third-order valence-electron chi connectivity index (χ3n) is 3.73. The Kier molecular flexibility index (Phi) is 4.99. The highest BCUT2D eigenvalue weighted by atomic mass is 32.2. The minimum Gasteiger partial charge on any atom is -0.262 e. The fourth-order valence-corrected chi connectivity index (χ4v) is 3.91. The molecule has 0 fully saturated rings. The molecule has 0 amide bonds. The smallest absolute Gasteiger partial charge is 0.262 e. The molecular formula is C19H14F3NO2S. The van der Waals surface area contributed by atoms with Crippen LogP contribution in [-0.4, -0.2) is 8.42 Å². The van der Waals surface area contributed by atoms with E-state index in [1.54, 1.807) is 6.07 Å². The molecule has 0 radical (unpaired) electrons. The lowest BCUT2D eigenvalue weighted by atomic mass is 10.2. The number of benzene rings is 3. The standard InChI is InChI=1S/C19H14F3NO2S/c20-15-4-8-18(9-5-15)23(13-14-2-1-3-17(22)12-14)26(24,25)19-10-6-16(21)7-11-19/h1-12H,13H2. The van der Waals surface area contributed by atoms with Crippen molar-refractivity contribution in [2.45, 2.75) is 11.4 Å². The molecule has 3 aromatic carbocycles. The Morgan fingerprint density at radius 2 is 1.31 bits per heavy atom. The summed E-state index contributed by atoms with van der Waals surface area (Å²) in [5.41, 5.74) is 0.625. The summed E-state index contributed by atoms with van der Waals surface area (Å²) in [6.45, 7) is -0.164. The zero-order valence-electron chi connectivity index (χ0n) is 13.4. The second-order valence-corrected chi connectivity index (χ2v) is 7.43. The summed E-state index contributed by atoms with van der Waals surface area (Å²) < 4.78 is 66.9. The fourth-order valence-electron chi connectivity index (χ4n) is 2.46. The van der Waals surface area contributed by atoms with E-state index in [4.69, 9.17) is 0 Å². The van der Waals surface area contributed by atoms with Crippen molar-refractivity contribution in [3.05, 3.63) is 95.8 Å². The first kappa shape index (κ1) is 18.0. The maximum atomic E-state index is 13.5. The Morgan fingerprint density at radius 3 is 1.88 bits per heavy atom. The van der Waals surface area contributed by atoms with Crippen LogP contribution in [0.25, 0.3) is 0 Å². The average Bonchev–Trinajstić information content (AvgIpc) is 2.61. The number of hydrogen-bond acceptors (Lipinski definition) is 2. The van der Waals surface area contributed by atoms with Crippen molar-refractivity contribution in [1.29, 1.82) is 0 Å². The SMILES string of the molecule is O=S(=O)(c1ccc(F)cc1)N(Cc1cccc(F)c1)c1ccc(F)cc1. The molecule has 0 saturated carbocycles. The molecule has 0 unspecified atom stereocenters. The van der Waals surface area contributed by atoms with E-state index in [2.05, 4.69) is 0 Å². The van der Waals surface area contributed by atoms with Crippen molar-refractivity contribution in [3.63, 3.8) is 0 Å². The van der Waals surface area contributed by atoms with Gasteiger partial charge in [-0.25, -0.2) is 21.6 Å². The van der Waals surface area contributed by atoms with Gasteiger partial charge in [-0.05, 0) is 66.2 Å². The second kappa shape index (κ2) is 7.21. The minimum absolute atomic E-state index is 0.125. The van der Waals surface area contributed by atoms with E-state index in [9.17, 15) is 21.6 Å². The van der Waals surface area contributed by atoms with Crippen LogP contribution >= 0.6 is 0 Å². The van der Waals surface area contributed by atoms with Crippen LogP contribution in [0.4, 0.5) is 18.9 Å². The molecule has 0 aromatic heterocycles. The van der Waals surface area contributed by atoms with Gasteiger partial charge in [-0.2, -0.15) is 0 Å². The number of hydrogen-bond donors (Lipinski definition) is 0. The monoisotopic (exact) mass is 377 g/mol. The Bertz CT molecular complexity index is 1000. The van der Waals surface area contributed by atoms with Crippen LogP contribution in [0.1, 0.15) is 5.56 Å². The Labute approximate surface area is 149 Å². The normalized spacial score (nSPS) is 11.3. The maximum Gasteiger partial charge on any atom is 0.264 e. The molecular weight excluding hydrogens is 363 g/mol. The third-order valence-corrected chi connectivity index (χ3v) is 5.52. The van der Waals surface area contributed by atoms with Gasteiger partial charge in [0, 0.05) is 0 Å². The quantitative estimate of drug-likeness (QED) is 0.657. The highest BCUT2D eigenvalue weighted by Crippen LogP contribution is 2.26. The molecule has 0 heterocycles. The summed E-state index contributed by atoms with van der Waals surface area (Å²) in [6.07, 6.45) is 0. The summed E-state index contributed by atoms with van der Waals surface area (Å²) in [6, 6.07) is 14.8. The fraction of sp³-hybridized carbons (Fsp3) is 0.0526. The van der Waals surface area contributed by atoms with Crippen molar-refractivity contribution < 1.29 is 21.6 Å². The lowest BCUT2D eigenvalue weighted by Gasteiger charge is -2.25. The first-order chi connectivity index (χ1) is 12.4. The number of sulfonamides is 1. The molecule has 0 aliphatic carbocycles. The van der Waals surface area contributed by atoms with Crippen molar-refractivity contribution >= 4 is 15.7 Å². The van der Waals surface area contributed by atoms with Gasteiger partial charge in [0.1, 0.15) is 17.5 Å². The molecule has 3 aromatic rings. The summed E-state index contributed by atoms with van der Waals surface area (Å²) in [7, 11) is -4.07. The largest absolute Gasteiger partial charge is 0.264 e. The summed E-state index contributed by atoms with van der Waals surface area (Å²) in [5, 5.41) is 0. The molecule has 3 rings (SSSR count). The van der Waals surface area contributed by atoms with Gasteiger partial charge in [0.2, 0.25) is 0 Å². The van der Waals surface area contributed by atoms with Gasteiger partial charge < -0.3 is 0 Å². The summed E-state index contributed by atoms with van der Waals surface area (Å²) in [5.74, 6) is -1.58. The van der Waals surface area contributed by atoms with Crippen LogP contribution in [0.2, 0.25) is 0 Å². The van der Waals surface area contributed by atoms with E-state index < -0.39 is 27.5 Å². The van der Waals surface area contributed by atoms with Crippen LogP contribution in [0.5, 0.6) is 0 Å². The number of rotatable bonds is 5. The molecule has 0 atom stereocenters. The van der Waals surface area contributed by atoms with Crippen LogP contribution in [-0.2, 0) is 16.6 Å². The summed E-state index contributed by atoms with van der Waals surface area (Å²) >= 11 is 0. The topological polar surface area (TPSA) is 37.4 Å². The van der Waals surface area contributed by atoms with Gasteiger partial charge >= 0.3 is 0 Å². The zero-order chi connectivity index (χ0) is 18.7. The van der Waals surface area contributed by atoms with E-state index in [0.717, 1.165) is 40.7 Å². The van der Waals surface area contributed by atoms with Gasteiger partial charge in [0.25, 0.3) is 10.0 Å². The number of nitrogens with zero attached hydrogens (tertiary/aromatic N) is 1. The van der Waals surface area contributed by atoms with E-state index in [1.165, 1.54) is 30.3 Å². The Hall–Kier alpha value is -2.80. The third kappa shape index (κ3) is 3.88. The van der Waals surface area contributed by atoms with Crippen molar-refractivity contribution in [3.8, 4) is 0 Å². The van der Waals surface area contributed by atoms with Gasteiger partial charge in [-0.3, -0.25) is 4.31 Å². The molecule has 134 valence electrons. The Balaban J connectivity index is 2.07. The van der Waals surface area contributed by atoms with Gasteiger partial charge in [-0.15, -0.1) is 0 Å². The van der Waals surface area contributed by atoms with Crippen molar-refractivity contribution in [1.82, 2.24) is 0 Å². The molecule has 0 N–H and O–H groups in total. The molecule has 7 heteroatoms. The zero-order valence-corrected chi connectivity index (χ0v) is 14.3. The van der Waals surface area contributed by atoms with Crippen LogP contribution in [0, 0.1) is 17.5 Å². The Morgan fingerprint density at radius 1 is 0.731 bits per heavy atom. The van der Waals surface area contributed by atoms with Crippen molar-refractivity contribution in [2.75, 3.05) is 4.31 Å². The highest BCUT2D eigenvalue weighted by Gasteiger charge is 2.25. The van der Waals surface area contributed by atoms with Gasteiger partial charge in [-0.1, -0.05) is 12.1 Å². The predicted molar refractivity (Wildman–Crippen MR) is 92.6 cm³/mol. The molecule has 0 spiro atoms. The lowest BCUT2D eigenvalue weighted by molar-refractivity contribution is 0.588. The van der Waals surface area contributed by atoms with Crippen LogP contribution in [0.15, 0.2) is 77.7 Å². The second-order valence-electron chi connectivity index (χ2n) is 5.57. The average molecular weight is 377 g/mol. The molecule has 0 aliphatic rings. The number of anilines is 1. The first-order valence-electron chi connectivity index (χ1n) is 7.64. The van der Waals surface area contributed by atoms with E-state index in [0.29, 0.717) is 5.56 Å². The lowest BCUT2D eigenvalue weighted by Crippen LogP contribution is -2.30. The van der Waals surface area contributed by atoms with E-state index in [1.807, 2.05) is 0 Å². The van der Waals surface area contributed by atoms with Crippen LogP contribution < -0.4 is 4.31 Å². The summed E-state index contributed by atoms with van der Waals surface area (Å²) in [4.78, 5) is -0.125. The minimum atomic E-state index is -4.07. The van der Waals surface area contributed by atoms with Crippen LogP contribution in [0.3, 0.4) is 0 Å². The van der Waals surface area contributed by atoms with E-state index in [-0.39, 0.29) is 17.1 Å². The van der Waals surface area contributed by atoms with E-state index >= 15 is 0 Å². The molecule has 3 nitrogen and oxygen atoms in total. The number of halogens is 3.